The second-order valence-corrected chi connectivity index (χ2v) is 6.42. The van der Waals surface area contributed by atoms with Crippen molar-refractivity contribution in [3.8, 4) is 0 Å². The summed E-state index contributed by atoms with van der Waals surface area (Å²) in [5, 5.41) is 0. The molecule has 1 heterocycles. The molecule has 1 unspecified atom stereocenters. The van der Waals surface area contributed by atoms with E-state index in [1.54, 1.807) is 0 Å². The molecule has 2 heteroatoms. The predicted molar refractivity (Wildman–Crippen MR) is 92.6 cm³/mol. The second kappa shape index (κ2) is 12.9. The molecule has 0 N–H and O–H groups in total. The monoisotopic (exact) mass is 292 g/mol. The van der Waals surface area contributed by atoms with Crippen LogP contribution in [0.15, 0.2) is 18.7 Å². The highest BCUT2D eigenvalue weighted by atomic mass is 15.0. The molecule has 1 rings (SSSR count). The summed E-state index contributed by atoms with van der Waals surface area (Å²) in [6, 6.07) is 0.681. The van der Waals surface area contributed by atoms with Gasteiger partial charge in [-0.3, -0.25) is 0 Å². The van der Waals surface area contributed by atoms with Crippen LogP contribution in [0.3, 0.4) is 0 Å². The maximum Gasteiger partial charge on any atom is 0.0948 e. The molecule has 0 amide bonds. The average Bonchev–Trinajstić information content (AvgIpc) is 3.02. The van der Waals surface area contributed by atoms with E-state index in [-0.39, 0.29) is 0 Å². The van der Waals surface area contributed by atoms with Gasteiger partial charge in [-0.1, -0.05) is 84.5 Å². The summed E-state index contributed by atoms with van der Waals surface area (Å²) in [6.45, 7) is 4.57. The van der Waals surface area contributed by atoms with Gasteiger partial charge in [0, 0.05) is 18.4 Å². The molecule has 0 aliphatic rings. The molecule has 2 nitrogen and oxygen atoms in total. The minimum absolute atomic E-state index is 0.681. The molecule has 0 radical (unpaired) electrons. The van der Waals surface area contributed by atoms with Crippen LogP contribution < -0.4 is 0 Å². The van der Waals surface area contributed by atoms with E-state index in [2.05, 4.69) is 29.6 Å². The fourth-order valence-corrected chi connectivity index (χ4v) is 3.07. The summed E-state index contributed by atoms with van der Waals surface area (Å²) in [5.41, 5.74) is 0. The third-order valence-electron chi connectivity index (χ3n) is 4.48. The van der Waals surface area contributed by atoms with Crippen LogP contribution >= 0.6 is 0 Å². The molecule has 0 saturated carbocycles. The van der Waals surface area contributed by atoms with E-state index in [1.807, 2.05) is 12.5 Å². The zero-order valence-electron chi connectivity index (χ0n) is 14.4. The number of hydrogen-bond acceptors (Lipinski definition) is 1. The zero-order chi connectivity index (χ0) is 15.2. The van der Waals surface area contributed by atoms with Gasteiger partial charge in [-0.15, -0.1) is 0 Å². The lowest BCUT2D eigenvalue weighted by Crippen LogP contribution is -2.07. The lowest BCUT2D eigenvalue weighted by molar-refractivity contribution is 0.394. The predicted octanol–water partition coefficient (Wildman–Crippen LogP) is 6.54. The van der Waals surface area contributed by atoms with Crippen LogP contribution in [0.4, 0.5) is 0 Å². The molecule has 1 aromatic heterocycles. The molecule has 21 heavy (non-hydrogen) atoms. The lowest BCUT2D eigenvalue weighted by Gasteiger charge is -2.18. The Hall–Kier alpha value is -0.790. The van der Waals surface area contributed by atoms with Gasteiger partial charge in [0.15, 0.2) is 0 Å². The molecule has 1 atom stereocenters. The number of aromatic nitrogens is 2. The van der Waals surface area contributed by atoms with Crippen molar-refractivity contribution in [2.75, 3.05) is 0 Å². The number of unbranched alkanes of at least 4 members (excludes halogenated alkanes) is 9. The number of hydrogen-bond donors (Lipinski definition) is 0. The Bertz CT molecular complexity index is 305. The Labute approximate surface area is 132 Å². The van der Waals surface area contributed by atoms with E-state index in [1.165, 1.54) is 83.5 Å². The van der Waals surface area contributed by atoms with Gasteiger partial charge >= 0.3 is 0 Å². The van der Waals surface area contributed by atoms with E-state index in [9.17, 15) is 0 Å². The Morgan fingerprint density at radius 2 is 1.29 bits per heavy atom. The molecular formula is C19H36N2. The Morgan fingerprint density at radius 1 is 0.762 bits per heavy atom. The number of imidazole rings is 1. The van der Waals surface area contributed by atoms with Gasteiger partial charge in [0.2, 0.25) is 0 Å². The molecule has 0 fully saturated rings. The highest BCUT2D eigenvalue weighted by Crippen LogP contribution is 2.23. The third-order valence-corrected chi connectivity index (χ3v) is 4.48. The minimum Gasteiger partial charge on any atom is -0.334 e. The molecule has 0 aliphatic heterocycles. The van der Waals surface area contributed by atoms with Crippen LogP contribution in [0.5, 0.6) is 0 Å². The normalized spacial score (nSPS) is 12.7. The maximum atomic E-state index is 4.23. The van der Waals surface area contributed by atoms with Crippen molar-refractivity contribution < 1.29 is 0 Å². The smallest absolute Gasteiger partial charge is 0.0948 e. The van der Waals surface area contributed by atoms with Gasteiger partial charge in [-0.25, -0.2) is 4.98 Å². The van der Waals surface area contributed by atoms with Crippen molar-refractivity contribution in [3.05, 3.63) is 18.7 Å². The van der Waals surface area contributed by atoms with Crippen molar-refractivity contribution in [2.45, 2.75) is 103 Å². The molecule has 122 valence electrons. The van der Waals surface area contributed by atoms with E-state index >= 15 is 0 Å². The highest BCUT2D eigenvalue weighted by molar-refractivity contribution is 4.80. The largest absolute Gasteiger partial charge is 0.334 e. The van der Waals surface area contributed by atoms with E-state index in [0.717, 1.165) is 0 Å². The zero-order valence-corrected chi connectivity index (χ0v) is 14.4. The first-order valence-corrected chi connectivity index (χ1v) is 9.36. The fourth-order valence-electron chi connectivity index (χ4n) is 3.07. The summed E-state index contributed by atoms with van der Waals surface area (Å²) in [7, 11) is 0. The van der Waals surface area contributed by atoms with Crippen LogP contribution in [0, 0.1) is 0 Å². The van der Waals surface area contributed by atoms with E-state index < -0.39 is 0 Å². The first-order valence-electron chi connectivity index (χ1n) is 9.36. The topological polar surface area (TPSA) is 17.8 Å². The Kier molecular flexibility index (Phi) is 11.2. The van der Waals surface area contributed by atoms with Crippen molar-refractivity contribution >= 4 is 0 Å². The maximum absolute atomic E-state index is 4.23. The van der Waals surface area contributed by atoms with Crippen molar-refractivity contribution in [1.82, 2.24) is 9.55 Å². The summed E-state index contributed by atoms with van der Waals surface area (Å²) in [4.78, 5) is 4.23. The quantitative estimate of drug-likeness (QED) is 0.356. The summed E-state index contributed by atoms with van der Waals surface area (Å²) in [5.74, 6) is 0. The van der Waals surface area contributed by atoms with Crippen molar-refractivity contribution in [3.63, 3.8) is 0 Å². The summed E-state index contributed by atoms with van der Waals surface area (Å²) in [6.07, 6.45) is 24.0. The van der Waals surface area contributed by atoms with Gasteiger partial charge in [0.1, 0.15) is 0 Å². The van der Waals surface area contributed by atoms with Crippen molar-refractivity contribution in [1.29, 1.82) is 0 Å². The molecular weight excluding hydrogens is 256 g/mol. The first kappa shape index (κ1) is 18.3. The molecule has 0 aliphatic carbocycles. The molecule has 0 saturated heterocycles. The van der Waals surface area contributed by atoms with Crippen LogP contribution in [0.25, 0.3) is 0 Å². The Morgan fingerprint density at radius 3 is 1.76 bits per heavy atom. The summed E-state index contributed by atoms with van der Waals surface area (Å²) >= 11 is 0. The van der Waals surface area contributed by atoms with Gasteiger partial charge in [-0.05, 0) is 12.8 Å². The summed E-state index contributed by atoms with van der Waals surface area (Å²) < 4.78 is 2.34. The van der Waals surface area contributed by atoms with Crippen LogP contribution in [0.2, 0.25) is 0 Å². The lowest BCUT2D eigenvalue weighted by atomic mass is 10.00. The highest BCUT2D eigenvalue weighted by Gasteiger charge is 2.09. The van der Waals surface area contributed by atoms with Gasteiger partial charge in [-0.2, -0.15) is 0 Å². The fraction of sp³-hybridized carbons (Fsp3) is 0.842. The molecule has 0 spiro atoms. The number of rotatable bonds is 14. The molecule has 0 bridgehead atoms. The minimum atomic E-state index is 0.681. The third kappa shape index (κ3) is 8.95. The van der Waals surface area contributed by atoms with Gasteiger partial charge in [0.05, 0.1) is 6.33 Å². The molecule has 0 aromatic carbocycles. The van der Waals surface area contributed by atoms with Crippen LogP contribution in [-0.4, -0.2) is 9.55 Å². The second-order valence-electron chi connectivity index (χ2n) is 6.42. The van der Waals surface area contributed by atoms with Crippen LogP contribution in [0.1, 0.15) is 103 Å². The Balaban J connectivity index is 2.19. The first-order chi connectivity index (χ1) is 10.4. The van der Waals surface area contributed by atoms with Crippen LogP contribution in [-0.2, 0) is 0 Å². The van der Waals surface area contributed by atoms with Gasteiger partial charge in [0.25, 0.3) is 0 Å². The average molecular weight is 293 g/mol. The number of nitrogens with zero attached hydrogens (tertiary/aromatic N) is 2. The van der Waals surface area contributed by atoms with Gasteiger partial charge < -0.3 is 4.57 Å². The van der Waals surface area contributed by atoms with Crippen molar-refractivity contribution in [2.24, 2.45) is 0 Å². The SMILES string of the molecule is CCCCCCCCC(CCCCCCC)n1ccnc1. The molecule has 1 aromatic rings. The van der Waals surface area contributed by atoms with E-state index in [0.29, 0.717) is 6.04 Å². The van der Waals surface area contributed by atoms with E-state index in [4.69, 9.17) is 0 Å². The standard InChI is InChI=1S/C19H36N2/c1-3-5-7-9-11-13-15-19(21-17-16-20-18-21)14-12-10-8-6-4-2/h16-19H,3-15H2,1-2H3.